The van der Waals surface area contributed by atoms with Crippen molar-refractivity contribution in [3.63, 3.8) is 0 Å². The van der Waals surface area contributed by atoms with Crippen molar-refractivity contribution in [1.82, 2.24) is 9.97 Å². The van der Waals surface area contributed by atoms with Gasteiger partial charge in [0.05, 0.1) is 8.07 Å². The molecule has 0 aliphatic heterocycles. The molecule has 4 heteroatoms. The van der Waals surface area contributed by atoms with Crippen LogP contribution in [0.4, 0.5) is 0 Å². The van der Waals surface area contributed by atoms with Gasteiger partial charge in [-0.05, 0) is 71.3 Å². The van der Waals surface area contributed by atoms with Gasteiger partial charge in [0.25, 0.3) is 0 Å². The van der Waals surface area contributed by atoms with Crippen molar-refractivity contribution < 1.29 is 4.42 Å². The molecule has 0 bridgehead atoms. The molecule has 0 unspecified atom stereocenters. The minimum absolute atomic E-state index is 0.222. The molecule has 0 saturated carbocycles. The molecule has 3 aromatic carbocycles. The maximum absolute atomic E-state index is 6.46. The average molecular weight is 467 g/mol. The highest BCUT2D eigenvalue weighted by molar-refractivity contribution is 6.90. The first kappa shape index (κ1) is 22.8. The number of nitrogens with zero attached hydrogens (tertiary/aromatic N) is 2. The average Bonchev–Trinajstić information content (AvgIpc) is 3.09. The topological polar surface area (TPSA) is 38.9 Å². The molecular formula is C30H34N2OSi. The Morgan fingerprint density at radius 2 is 1.59 bits per heavy atom. The van der Waals surface area contributed by atoms with Crippen molar-refractivity contribution >= 4 is 46.1 Å². The van der Waals surface area contributed by atoms with E-state index < -0.39 is 8.07 Å². The number of furan rings is 1. The van der Waals surface area contributed by atoms with E-state index in [1.807, 2.05) is 0 Å². The van der Waals surface area contributed by atoms with E-state index in [-0.39, 0.29) is 5.41 Å². The molecule has 3 nitrogen and oxygen atoms in total. The largest absolute Gasteiger partial charge is 0.452 e. The minimum atomic E-state index is -1.61. The Balaban J connectivity index is 1.76. The minimum Gasteiger partial charge on any atom is -0.452 e. The van der Waals surface area contributed by atoms with Crippen LogP contribution >= 0.6 is 0 Å². The van der Waals surface area contributed by atoms with Gasteiger partial charge in [0.1, 0.15) is 23.1 Å². The van der Waals surface area contributed by atoms with Gasteiger partial charge in [0.15, 0.2) is 5.58 Å². The third kappa shape index (κ3) is 4.05. The third-order valence-electron chi connectivity index (χ3n) is 6.70. The first-order valence-corrected chi connectivity index (χ1v) is 15.6. The van der Waals surface area contributed by atoms with Gasteiger partial charge in [0.2, 0.25) is 0 Å². The van der Waals surface area contributed by atoms with Crippen LogP contribution in [0.5, 0.6) is 0 Å². The van der Waals surface area contributed by atoms with E-state index in [0.717, 1.165) is 39.7 Å². The summed E-state index contributed by atoms with van der Waals surface area (Å²) in [5, 5.41) is 5.15. The van der Waals surface area contributed by atoms with Crippen molar-refractivity contribution in [2.75, 3.05) is 0 Å². The van der Waals surface area contributed by atoms with Gasteiger partial charge < -0.3 is 4.42 Å². The van der Waals surface area contributed by atoms with Crippen molar-refractivity contribution in [1.29, 1.82) is 0 Å². The molecule has 174 valence electrons. The predicted molar refractivity (Wildman–Crippen MR) is 148 cm³/mol. The number of aromatic nitrogens is 2. The van der Waals surface area contributed by atoms with Gasteiger partial charge in [-0.15, -0.1) is 0 Å². The summed E-state index contributed by atoms with van der Waals surface area (Å²) in [5.41, 5.74) is 8.68. The molecule has 5 aromatic rings. The van der Waals surface area contributed by atoms with E-state index in [2.05, 4.69) is 102 Å². The summed E-state index contributed by atoms with van der Waals surface area (Å²) in [4.78, 5) is 9.36. The summed E-state index contributed by atoms with van der Waals surface area (Å²) in [7, 11) is -1.61. The van der Waals surface area contributed by atoms with E-state index in [9.17, 15) is 0 Å². The maximum Gasteiger partial charge on any atom is 0.180 e. The van der Waals surface area contributed by atoms with Crippen molar-refractivity contribution in [3.05, 3.63) is 65.5 Å². The summed E-state index contributed by atoms with van der Waals surface area (Å²) in [6.45, 7) is 18.4. The SMILES string of the molecule is Cc1cc2cc(-c3ncnc4c3oc3cc(CC(C)(C)C)ccc34)cc([Si](C)(C)C)c2cc1C. The van der Waals surface area contributed by atoms with E-state index in [1.165, 1.54) is 32.6 Å². The highest BCUT2D eigenvalue weighted by Gasteiger charge is 2.23. The second-order valence-corrected chi connectivity index (χ2v) is 17.0. The maximum atomic E-state index is 6.46. The molecule has 0 radical (unpaired) electrons. The molecule has 0 N–H and O–H groups in total. The molecular weight excluding hydrogens is 432 g/mol. The lowest BCUT2D eigenvalue weighted by Gasteiger charge is -2.21. The van der Waals surface area contributed by atoms with E-state index in [0.29, 0.717) is 0 Å². The number of aryl methyl sites for hydroxylation is 2. The summed E-state index contributed by atoms with van der Waals surface area (Å²) < 4.78 is 6.46. The first-order chi connectivity index (χ1) is 15.9. The lowest BCUT2D eigenvalue weighted by atomic mass is 9.88. The molecule has 0 aliphatic carbocycles. The van der Waals surface area contributed by atoms with Crippen LogP contribution in [0.1, 0.15) is 37.5 Å². The lowest BCUT2D eigenvalue weighted by Crippen LogP contribution is -2.38. The number of benzene rings is 3. The van der Waals surface area contributed by atoms with E-state index in [1.54, 1.807) is 6.33 Å². The standard InChI is InChI=1S/C30H34N2OSi/c1-18-11-21-14-22(15-26(34(6,7)8)24(21)12-19(18)2)27-29-28(32-17-31-27)23-10-9-20(13-25(23)33-29)16-30(3,4)5/h9-15,17H,16H2,1-8H3. The van der Waals surface area contributed by atoms with Gasteiger partial charge >= 0.3 is 0 Å². The monoisotopic (exact) mass is 466 g/mol. The highest BCUT2D eigenvalue weighted by atomic mass is 28.3. The second-order valence-electron chi connectivity index (χ2n) is 12.0. The van der Waals surface area contributed by atoms with Crippen molar-refractivity contribution in [2.45, 2.75) is 60.7 Å². The quantitative estimate of drug-likeness (QED) is 0.253. The van der Waals surface area contributed by atoms with Gasteiger partial charge in [-0.25, -0.2) is 9.97 Å². The first-order valence-electron chi connectivity index (χ1n) is 12.1. The van der Waals surface area contributed by atoms with Crippen LogP contribution in [-0.2, 0) is 6.42 Å². The molecule has 0 amide bonds. The summed E-state index contributed by atoms with van der Waals surface area (Å²) in [6.07, 6.45) is 2.68. The second kappa shape index (κ2) is 7.77. The van der Waals surface area contributed by atoms with E-state index in [4.69, 9.17) is 9.40 Å². The van der Waals surface area contributed by atoms with Gasteiger partial charge in [-0.1, -0.05) is 69.9 Å². The highest BCUT2D eigenvalue weighted by Crippen LogP contribution is 2.35. The zero-order valence-corrected chi connectivity index (χ0v) is 22.6. The van der Waals surface area contributed by atoms with Crippen molar-refractivity contribution in [3.8, 4) is 11.3 Å². The molecule has 34 heavy (non-hydrogen) atoms. The fourth-order valence-electron chi connectivity index (χ4n) is 4.94. The van der Waals surface area contributed by atoms with Gasteiger partial charge in [0, 0.05) is 10.9 Å². The smallest absolute Gasteiger partial charge is 0.180 e. The summed E-state index contributed by atoms with van der Waals surface area (Å²) >= 11 is 0. The molecule has 2 heterocycles. The van der Waals surface area contributed by atoms with Crippen LogP contribution in [0.2, 0.25) is 19.6 Å². The van der Waals surface area contributed by atoms with Crippen LogP contribution < -0.4 is 5.19 Å². The Hall–Kier alpha value is -2.98. The molecule has 5 rings (SSSR count). The summed E-state index contributed by atoms with van der Waals surface area (Å²) in [5.74, 6) is 0. The molecule has 0 fully saturated rings. The summed E-state index contributed by atoms with van der Waals surface area (Å²) in [6, 6.07) is 15.8. The van der Waals surface area contributed by atoms with Gasteiger partial charge in [-0.3, -0.25) is 0 Å². The fourth-order valence-corrected chi connectivity index (χ4v) is 6.55. The lowest BCUT2D eigenvalue weighted by molar-refractivity contribution is 0.411. The number of rotatable bonds is 3. The Labute approximate surface area is 203 Å². The molecule has 0 aliphatic rings. The molecule has 2 aromatic heterocycles. The Morgan fingerprint density at radius 3 is 2.29 bits per heavy atom. The third-order valence-corrected chi connectivity index (χ3v) is 8.73. The normalized spacial score (nSPS) is 12.8. The molecule has 0 spiro atoms. The van der Waals surface area contributed by atoms with Crippen LogP contribution in [0, 0.1) is 19.3 Å². The number of hydrogen-bond donors (Lipinski definition) is 0. The van der Waals surface area contributed by atoms with Crippen molar-refractivity contribution in [2.24, 2.45) is 5.41 Å². The zero-order chi connectivity index (χ0) is 24.4. The van der Waals surface area contributed by atoms with Crippen LogP contribution in [0.25, 0.3) is 44.1 Å². The van der Waals surface area contributed by atoms with Crippen LogP contribution in [0.3, 0.4) is 0 Å². The predicted octanol–water partition coefficient (Wildman–Crippen LogP) is 7.95. The Kier molecular flexibility index (Phi) is 5.21. The molecule has 0 saturated heterocycles. The molecule has 0 atom stereocenters. The Morgan fingerprint density at radius 1 is 0.853 bits per heavy atom. The zero-order valence-electron chi connectivity index (χ0n) is 21.6. The van der Waals surface area contributed by atoms with Crippen LogP contribution in [-0.4, -0.2) is 18.0 Å². The number of fused-ring (bicyclic) bond motifs is 4. The fraction of sp³-hybridized carbons (Fsp3) is 0.333. The van der Waals surface area contributed by atoms with Gasteiger partial charge in [-0.2, -0.15) is 0 Å². The van der Waals surface area contributed by atoms with Crippen LogP contribution in [0.15, 0.2) is 53.2 Å². The van der Waals surface area contributed by atoms with E-state index >= 15 is 0 Å². The number of hydrogen-bond acceptors (Lipinski definition) is 3. The Bertz CT molecular complexity index is 1570.